The van der Waals surface area contributed by atoms with Gasteiger partial charge >= 0.3 is 5.97 Å². The standard InChI is InChI=1S/C16H18O5/c1-3-10(2)7-8-20-12-5-4-6-13-15(12)11(17)9-14(21-13)16(18)19/h4-6,9-10H,3,7-8H2,1-2H3,(H,18,19). The van der Waals surface area contributed by atoms with Gasteiger partial charge in [0.2, 0.25) is 5.76 Å². The molecule has 1 heterocycles. The summed E-state index contributed by atoms with van der Waals surface area (Å²) in [4.78, 5) is 23.0. The highest BCUT2D eigenvalue weighted by atomic mass is 16.5. The Balaban J connectivity index is 2.33. The molecule has 21 heavy (non-hydrogen) atoms. The monoisotopic (exact) mass is 290 g/mol. The van der Waals surface area contributed by atoms with Crippen LogP contribution in [0.3, 0.4) is 0 Å². The molecule has 112 valence electrons. The molecular weight excluding hydrogens is 272 g/mol. The summed E-state index contributed by atoms with van der Waals surface area (Å²) in [6, 6.07) is 5.91. The number of carbonyl (C=O) groups is 1. The van der Waals surface area contributed by atoms with Gasteiger partial charge in [-0.05, 0) is 24.5 Å². The van der Waals surface area contributed by atoms with Gasteiger partial charge in [-0.25, -0.2) is 4.79 Å². The van der Waals surface area contributed by atoms with Crippen molar-refractivity contribution in [2.45, 2.75) is 26.7 Å². The van der Waals surface area contributed by atoms with Gasteiger partial charge in [-0.3, -0.25) is 4.79 Å². The van der Waals surface area contributed by atoms with Crippen molar-refractivity contribution in [3.8, 4) is 5.75 Å². The van der Waals surface area contributed by atoms with Gasteiger partial charge in [0.25, 0.3) is 0 Å². The zero-order valence-corrected chi connectivity index (χ0v) is 12.1. The van der Waals surface area contributed by atoms with E-state index < -0.39 is 11.4 Å². The lowest BCUT2D eigenvalue weighted by molar-refractivity contribution is 0.0663. The molecule has 0 aliphatic carbocycles. The number of ether oxygens (including phenoxy) is 1. The first-order chi connectivity index (χ1) is 10.0. The molecule has 0 saturated carbocycles. The van der Waals surface area contributed by atoms with Crippen LogP contribution in [0.2, 0.25) is 0 Å². The third-order valence-electron chi connectivity index (χ3n) is 3.49. The van der Waals surface area contributed by atoms with E-state index in [2.05, 4.69) is 13.8 Å². The highest BCUT2D eigenvalue weighted by Crippen LogP contribution is 2.24. The van der Waals surface area contributed by atoms with E-state index in [0.29, 0.717) is 18.3 Å². The van der Waals surface area contributed by atoms with Crippen LogP contribution in [0.25, 0.3) is 11.0 Å². The zero-order chi connectivity index (χ0) is 15.4. The molecule has 0 radical (unpaired) electrons. The van der Waals surface area contributed by atoms with E-state index >= 15 is 0 Å². The van der Waals surface area contributed by atoms with E-state index in [1.54, 1.807) is 18.2 Å². The maximum absolute atomic E-state index is 12.1. The number of benzene rings is 1. The van der Waals surface area contributed by atoms with Crippen LogP contribution in [0.5, 0.6) is 5.75 Å². The fourth-order valence-electron chi connectivity index (χ4n) is 1.98. The maximum Gasteiger partial charge on any atom is 0.371 e. The number of carboxylic acids is 1. The number of fused-ring (bicyclic) bond motifs is 1. The topological polar surface area (TPSA) is 76.7 Å². The average Bonchev–Trinajstić information content (AvgIpc) is 2.46. The molecule has 0 bridgehead atoms. The molecular formula is C16H18O5. The Bertz CT molecular complexity index is 701. The SMILES string of the molecule is CCC(C)CCOc1cccc2oc(C(=O)O)cc(=O)c12. The predicted octanol–water partition coefficient (Wildman–Crippen LogP) is 3.31. The van der Waals surface area contributed by atoms with Crippen molar-refractivity contribution in [2.75, 3.05) is 6.61 Å². The van der Waals surface area contributed by atoms with E-state index in [4.69, 9.17) is 14.3 Å². The summed E-state index contributed by atoms with van der Waals surface area (Å²) in [5.41, 5.74) is -0.186. The van der Waals surface area contributed by atoms with Crippen molar-refractivity contribution in [1.82, 2.24) is 0 Å². The van der Waals surface area contributed by atoms with Gasteiger partial charge < -0.3 is 14.3 Å². The van der Waals surface area contributed by atoms with Gasteiger partial charge in [0, 0.05) is 6.07 Å². The summed E-state index contributed by atoms with van der Waals surface area (Å²) in [5, 5.41) is 9.19. The van der Waals surface area contributed by atoms with Crippen LogP contribution in [0.1, 0.15) is 37.2 Å². The third kappa shape index (κ3) is 3.42. The Hall–Kier alpha value is -2.30. The van der Waals surface area contributed by atoms with Crippen molar-refractivity contribution in [2.24, 2.45) is 5.92 Å². The summed E-state index contributed by atoms with van der Waals surface area (Å²) < 4.78 is 10.9. The summed E-state index contributed by atoms with van der Waals surface area (Å²) in [5.74, 6) is -0.655. The zero-order valence-electron chi connectivity index (χ0n) is 12.1. The lowest BCUT2D eigenvalue weighted by Crippen LogP contribution is -2.09. The molecule has 1 N–H and O–H groups in total. The van der Waals surface area contributed by atoms with E-state index in [1.165, 1.54) is 0 Å². The Kier molecular flexibility index (Phi) is 4.62. The number of hydrogen-bond donors (Lipinski definition) is 1. The highest BCUT2D eigenvalue weighted by molar-refractivity contribution is 5.89. The van der Waals surface area contributed by atoms with Crippen molar-refractivity contribution < 1.29 is 19.1 Å². The van der Waals surface area contributed by atoms with Crippen LogP contribution in [0.4, 0.5) is 0 Å². The number of aromatic carboxylic acids is 1. The molecule has 0 fully saturated rings. The second-order valence-electron chi connectivity index (χ2n) is 5.06. The van der Waals surface area contributed by atoms with Crippen molar-refractivity contribution in [1.29, 1.82) is 0 Å². The summed E-state index contributed by atoms with van der Waals surface area (Å²) >= 11 is 0. The van der Waals surface area contributed by atoms with E-state index in [9.17, 15) is 9.59 Å². The van der Waals surface area contributed by atoms with Crippen LogP contribution in [0, 0.1) is 5.92 Å². The van der Waals surface area contributed by atoms with Crippen molar-refractivity contribution >= 4 is 16.9 Å². The van der Waals surface area contributed by atoms with Gasteiger partial charge in [0.15, 0.2) is 5.43 Å². The number of hydrogen-bond acceptors (Lipinski definition) is 4. The van der Waals surface area contributed by atoms with Gasteiger partial charge in [-0.1, -0.05) is 26.3 Å². The van der Waals surface area contributed by atoms with E-state index in [0.717, 1.165) is 18.9 Å². The minimum atomic E-state index is -1.27. The van der Waals surface area contributed by atoms with Crippen LogP contribution < -0.4 is 10.2 Å². The van der Waals surface area contributed by atoms with Gasteiger partial charge in [-0.2, -0.15) is 0 Å². The summed E-state index contributed by atoms with van der Waals surface area (Å²) in [6.07, 6.45) is 1.97. The molecule has 0 amide bonds. The van der Waals surface area contributed by atoms with Crippen LogP contribution in [-0.4, -0.2) is 17.7 Å². The molecule has 1 unspecified atom stereocenters. The first kappa shape index (κ1) is 15.1. The Morgan fingerprint density at radius 3 is 2.86 bits per heavy atom. The van der Waals surface area contributed by atoms with Gasteiger partial charge in [0.05, 0.1) is 6.61 Å². The first-order valence-corrected chi connectivity index (χ1v) is 6.96. The molecule has 5 heteroatoms. The van der Waals surface area contributed by atoms with Gasteiger partial charge in [0.1, 0.15) is 16.7 Å². The molecule has 5 nitrogen and oxygen atoms in total. The van der Waals surface area contributed by atoms with Crippen molar-refractivity contribution in [3.63, 3.8) is 0 Å². The average molecular weight is 290 g/mol. The molecule has 2 rings (SSSR count). The fraction of sp³-hybridized carbons (Fsp3) is 0.375. The third-order valence-corrected chi connectivity index (χ3v) is 3.49. The van der Waals surface area contributed by atoms with E-state index in [1.807, 2.05) is 0 Å². The van der Waals surface area contributed by atoms with Gasteiger partial charge in [-0.15, -0.1) is 0 Å². The maximum atomic E-state index is 12.1. The van der Waals surface area contributed by atoms with Crippen LogP contribution in [-0.2, 0) is 0 Å². The molecule has 1 aromatic heterocycles. The highest BCUT2D eigenvalue weighted by Gasteiger charge is 2.14. The summed E-state index contributed by atoms with van der Waals surface area (Å²) in [7, 11) is 0. The van der Waals surface area contributed by atoms with Crippen LogP contribution in [0.15, 0.2) is 33.5 Å². The molecule has 2 aromatic rings. The molecule has 0 spiro atoms. The molecule has 0 aliphatic heterocycles. The number of rotatable bonds is 6. The molecule has 0 saturated heterocycles. The lowest BCUT2D eigenvalue weighted by atomic mass is 10.1. The summed E-state index contributed by atoms with van der Waals surface area (Å²) in [6.45, 7) is 4.76. The lowest BCUT2D eigenvalue weighted by Gasteiger charge is -2.11. The second-order valence-corrected chi connectivity index (χ2v) is 5.06. The first-order valence-electron chi connectivity index (χ1n) is 6.96. The molecule has 0 aliphatic rings. The van der Waals surface area contributed by atoms with Crippen molar-refractivity contribution in [3.05, 3.63) is 40.2 Å². The minimum absolute atomic E-state index is 0.223. The second kappa shape index (κ2) is 6.43. The predicted molar refractivity (Wildman–Crippen MR) is 79.0 cm³/mol. The number of carboxylic acid groups (broad SMARTS) is 1. The smallest absolute Gasteiger partial charge is 0.371 e. The van der Waals surface area contributed by atoms with E-state index in [-0.39, 0.29) is 16.7 Å². The Labute approximate surface area is 122 Å². The Morgan fingerprint density at radius 1 is 1.43 bits per heavy atom. The normalized spacial score (nSPS) is 12.3. The Morgan fingerprint density at radius 2 is 2.19 bits per heavy atom. The molecule has 1 aromatic carbocycles. The fourth-order valence-corrected chi connectivity index (χ4v) is 1.98. The van der Waals surface area contributed by atoms with Crippen LogP contribution >= 0.6 is 0 Å². The largest absolute Gasteiger partial charge is 0.493 e. The quantitative estimate of drug-likeness (QED) is 0.883. The molecule has 1 atom stereocenters. The minimum Gasteiger partial charge on any atom is -0.493 e.